The predicted octanol–water partition coefficient (Wildman–Crippen LogP) is 3.00. The molecule has 20 heavy (non-hydrogen) atoms. The average Bonchev–Trinajstić information content (AvgIpc) is 2.43. The summed E-state index contributed by atoms with van der Waals surface area (Å²) >= 11 is 0. The van der Waals surface area contributed by atoms with Crippen molar-refractivity contribution in [1.29, 1.82) is 0 Å². The minimum Gasteiger partial charge on any atom is -0.496 e. The van der Waals surface area contributed by atoms with Crippen LogP contribution in [0.25, 0.3) is 0 Å². The van der Waals surface area contributed by atoms with E-state index >= 15 is 0 Å². The number of hydrogen-bond acceptors (Lipinski definition) is 4. The Balaban J connectivity index is 2.43. The molecule has 0 saturated carbocycles. The number of rotatable bonds is 8. The van der Waals surface area contributed by atoms with Gasteiger partial charge in [0.25, 0.3) is 0 Å². The van der Waals surface area contributed by atoms with Crippen molar-refractivity contribution in [2.45, 2.75) is 39.7 Å². The van der Waals surface area contributed by atoms with Gasteiger partial charge in [-0.25, -0.2) is 0 Å². The van der Waals surface area contributed by atoms with E-state index in [1.165, 1.54) is 5.56 Å². The van der Waals surface area contributed by atoms with E-state index in [0.717, 1.165) is 24.3 Å². The van der Waals surface area contributed by atoms with E-state index in [2.05, 4.69) is 24.4 Å². The summed E-state index contributed by atoms with van der Waals surface area (Å²) in [5, 5.41) is 3.40. The Kier molecular flexibility index (Phi) is 7.09. The summed E-state index contributed by atoms with van der Waals surface area (Å²) in [6, 6.07) is 6.38. The van der Waals surface area contributed by atoms with Gasteiger partial charge in [-0.15, -0.1) is 0 Å². The Morgan fingerprint density at radius 2 is 2.15 bits per heavy atom. The number of carbonyl (C=O) groups excluding carboxylic acids is 1. The molecule has 0 heterocycles. The Hall–Kier alpha value is -1.55. The van der Waals surface area contributed by atoms with Crippen molar-refractivity contribution in [3.8, 4) is 5.75 Å². The van der Waals surface area contributed by atoms with Crippen LogP contribution in [0.2, 0.25) is 0 Å². The highest BCUT2D eigenvalue weighted by atomic mass is 16.5. The highest BCUT2D eigenvalue weighted by Crippen LogP contribution is 2.25. The molecule has 1 unspecified atom stereocenters. The molecule has 0 aliphatic carbocycles. The largest absolute Gasteiger partial charge is 0.496 e. The van der Waals surface area contributed by atoms with Crippen molar-refractivity contribution < 1.29 is 14.3 Å². The fourth-order valence-electron chi connectivity index (χ4n) is 2.07. The van der Waals surface area contributed by atoms with E-state index in [-0.39, 0.29) is 12.0 Å². The summed E-state index contributed by atoms with van der Waals surface area (Å²) in [7, 11) is 1.69. The third kappa shape index (κ3) is 5.21. The molecule has 0 fully saturated rings. The maximum atomic E-state index is 11.2. The van der Waals surface area contributed by atoms with Crippen molar-refractivity contribution in [1.82, 2.24) is 5.32 Å². The van der Waals surface area contributed by atoms with Gasteiger partial charge in [-0.05, 0) is 45.4 Å². The van der Waals surface area contributed by atoms with Crippen LogP contribution in [0.3, 0.4) is 0 Å². The molecule has 1 N–H and O–H groups in total. The van der Waals surface area contributed by atoms with Crippen LogP contribution >= 0.6 is 0 Å². The number of methoxy groups -OCH3 is 1. The van der Waals surface area contributed by atoms with E-state index in [1.54, 1.807) is 7.11 Å². The van der Waals surface area contributed by atoms with E-state index in [0.29, 0.717) is 13.0 Å². The lowest BCUT2D eigenvalue weighted by atomic mass is 10.0. The van der Waals surface area contributed by atoms with Gasteiger partial charge in [0.1, 0.15) is 5.75 Å². The Bertz CT molecular complexity index is 432. The highest BCUT2D eigenvalue weighted by Gasteiger charge is 2.11. The average molecular weight is 279 g/mol. The summed E-state index contributed by atoms with van der Waals surface area (Å²) in [5.74, 6) is 0.769. The summed E-state index contributed by atoms with van der Waals surface area (Å²) in [4.78, 5) is 11.2. The topological polar surface area (TPSA) is 47.6 Å². The van der Waals surface area contributed by atoms with Crippen LogP contribution in [-0.2, 0) is 9.53 Å². The molecule has 0 aromatic heterocycles. The first kappa shape index (κ1) is 16.5. The minimum absolute atomic E-state index is 0.130. The molecule has 0 spiro atoms. The van der Waals surface area contributed by atoms with Crippen LogP contribution in [0.4, 0.5) is 0 Å². The molecule has 112 valence electrons. The Labute approximate surface area is 121 Å². The summed E-state index contributed by atoms with van der Waals surface area (Å²) in [5.41, 5.74) is 2.31. The van der Waals surface area contributed by atoms with Crippen LogP contribution in [0.5, 0.6) is 5.75 Å². The standard InChI is InChI=1S/C16H25NO3/c1-5-20-16(18)7-6-10-17-13(3)14-9-8-12(2)11-15(14)19-4/h8-9,11,13,17H,5-7,10H2,1-4H3. The smallest absolute Gasteiger partial charge is 0.305 e. The molecule has 4 nitrogen and oxygen atoms in total. The van der Waals surface area contributed by atoms with Gasteiger partial charge in [-0.3, -0.25) is 4.79 Å². The molecular weight excluding hydrogens is 254 g/mol. The van der Waals surface area contributed by atoms with E-state index < -0.39 is 0 Å². The molecule has 0 bridgehead atoms. The first-order valence-corrected chi connectivity index (χ1v) is 7.12. The number of esters is 1. The summed E-state index contributed by atoms with van der Waals surface area (Å²) in [6.07, 6.45) is 1.23. The molecule has 1 atom stereocenters. The minimum atomic E-state index is -0.130. The lowest BCUT2D eigenvalue weighted by Crippen LogP contribution is -2.21. The highest BCUT2D eigenvalue weighted by molar-refractivity contribution is 5.69. The number of aryl methyl sites for hydroxylation is 1. The molecule has 0 saturated heterocycles. The van der Waals surface area contributed by atoms with Gasteiger partial charge in [0, 0.05) is 18.0 Å². The van der Waals surface area contributed by atoms with Gasteiger partial charge in [-0.1, -0.05) is 12.1 Å². The number of benzene rings is 1. The first-order valence-electron chi connectivity index (χ1n) is 7.12. The second-order valence-corrected chi connectivity index (χ2v) is 4.83. The van der Waals surface area contributed by atoms with Crippen molar-refractivity contribution in [3.63, 3.8) is 0 Å². The van der Waals surface area contributed by atoms with Crippen LogP contribution in [0.15, 0.2) is 18.2 Å². The van der Waals surface area contributed by atoms with E-state index in [4.69, 9.17) is 9.47 Å². The van der Waals surface area contributed by atoms with Gasteiger partial charge in [0.15, 0.2) is 0 Å². The van der Waals surface area contributed by atoms with Crippen LogP contribution in [0, 0.1) is 6.92 Å². The Morgan fingerprint density at radius 1 is 1.40 bits per heavy atom. The monoisotopic (exact) mass is 279 g/mol. The molecular formula is C16H25NO3. The molecule has 0 amide bonds. The van der Waals surface area contributed by atoms with E-state index in [9.17, 15) is 4.79 Å². The SMILES string of the molecule is CCOC(=O)CCCNC(C)c1ccc(C)cc1OC. The van der Waals surface area contributed by atoms with Crippen LogP contribution < -0.4 is 10.1 Å². The van der Waals surface area contributed by atoms with Gasteiger partial charge >= 0.3 is 5.97 Å². The van der Waals surface area contributed by atoms with Gasteiger partial charge in [0.2, 0.25) is 0 Å². The zero-order valence-electron chi connectivity index (χ0n) is 12.9. The molecule has 4 heteroatoms. The molecule has 1 aromatic carbocycles. The molecule has 0 aliphatic rings. The van der Waals surface area contributed by atoms with Crippen molar-refractivity contribution in [3.05, 3.63) is 29.3 Å². The summed E-state index contributed by atoms with van der Waals surface area (Å²) < 4.78 is 10.3. The zero-order chi connectivity index (χ0) is 15.0. The van der Waals surface area contributed by atoms with Gasteiger partial charge < -0.3 is 14.8 Å². The third-order valence-electron chi connectivity index (χ3n) is 3.17. The molecule has 0 aliphatic heterocycles. The summed E-state index contributed by atoms with van der Waals surface area (Å²) in [6.45, 7) is 7.18. The molecule has 0 radical (unpaired) electrons. The van der Waals surface area contributed by atoms with Crippen LogP contribution in [0.1, 0.15) is 43.9 Å². The fourth-order valence-corrected chi connectivity index (χ4v) is 2.07. The molecule has 1 aromatic rings. The zero-order valence-corrected chi connectivity index (χ0v) is 12.9. The van der Waals surface area contributed by atoms with Crippen molar-refractivity contribution >= 4 is 5.97 Å². The van der Waals surface area contributed by atoms with Crippen LogP contribution in [-0.4, -0.2) is 26.2 Å². The van der Waals surface area contributed by atoms with E-state index in [1.807, 2.05) is 19.9 Å². The quantitative estimate of drug-likeness (QED) is 0.587. The van der Waals surface area contributed by atoms with Gasteiger partial charge in [0.05, 0.1) is 13.7 Å². The number of hydrogen-bond donors (Lipinski definition) is 1. The molecule has 1 rings (SSSR count). The van der Waals surface area contributed by atoms with Crippen molar-refractivity contribution in [2.24, 2.45) is 0 Å². The number of nitrogens with one attached hydrogen (secondary N) is 1. The fraction of sp³-hybridized carbons (Fsp3) is 0.562. The second kappa shape index (κ2) is 8.59. The predicted molar refractivity (Wildman–Crippen MR) is 80.0 cm³/mol. The lowest BCUT2D eigenvalue weighted by molar-refractivity contribution is -0.143. The Morgan fingerprint density at radius 3 is 2.80 bits per heavy atom. The van der Waals surface area contributed by atoms with Gasteiger partial charge in [-0.2, -0.15) is 0 Å². The lowest BCUT2D eigenvalue weighted by Gasteiger charge is -2.17. The normalized spacial score (nSPS) is 12.0. The maximum Gasteiger partial charge on any atom is 0.305 e. The first-order chi connectivity index (χ1) is 9.58. The number of carbonyl (C=O) groups is 1. The second-order valence-electron chi connectivity index (χ2n) is 4.83. The maximum absolute atomic E-state index is 11.2. The third-order valence-corrected chi connectivity index (χ3v) is 3.17. The van der Waals surface area contributed by atoms with Crippen molar-refractivity contribution in [2.75, 3.05) is 20.3 Å². The number of ether oxygens (including phenoxy) is 2.